The van der Waals surface area contributed by atoms with Gasteiger partial charge in [-0.3, -0.25) is 4.79 Å². The topological polar surface area (TPSA) is 56.2 Å². The van der Waals surface area contributed by atoms with Crippen LogP contribution in [0.3, 0.4) is 0 Å². The van der Waals surface area contributed by atoms with Crippen LogP contribution in [0.15, 0.2) is 18.2 Å². The molecule has 3 rings (SSSR count). The Bertz CT molecular complexity index is 816. The second-order valence-corrected chi connectivity index (χ2v) is 7.87. The number of rotatable bonds is 9. The zero-order valence-electron chi connectivity index (χ0n) is 15.7. The molecule has 0 bridgehead atoms. The molecule has 0 saturated heterocycles. The van der Waals surface area contributed by atoms with E-state index in [0.717, 1.165) is 41.6 Å². The first kappa shape index (κ1) is 20.2. The van der Waals surface area contributed by atoms with Gasteiger partial charge in [0.15, 0.2) is 0 Å². The number of hydrogen-bond donors (Lipinski definition) is 1. The summed E-state index contributed by atoms with van der Waals surface area (Å²) in [5, 5.41) is 8.50. The van der Waals surface area contributed by atoms with E-state index < -0.39 is 0 Å². The number of nitrogens with zero attached hydrogens (tertiary/aromatic N) is 2. The maximum Gasteiger partial charge on any atom is 0.224 e. The van der Waals surface area contributed by atoms with Gasteiger partial charge in [0.1, 0.15) is 0 Å². The molecule has 7 heteroatoms. The summed E-state index contributed by atoms with van der Waals surface area (Å²) < 4.78 is 7.38. The second-order valence-electron chi connectivity index (χ2n) is 7.06. The zero-order chi connectivity index (χ0) is 19.4. The number of carbonyl (C=O) groups is 1. The second kappa shape index (κ2) is 9.09. The Balaban J connectivity index is 1.54. The van der Waals surface area contributed by atoms with Crippen molar-refractivity contribution in [2.75, 3.05) is 19.8 Å². The first-order valence-electron chi connectivity index (χ1n) is 9.30. The number of benzene rings is 1. The summed E-state index contributed by atoms with van der Waals surface area (Å²) in [7, 11) is 0. The van der Waals surface area contributed by atoms with Gasteiger partial charge in [-0.2, -0.15) is 5.10 Å². The van der Waals surface area contributed by atoms with Crippen molar-refractivity contribution in [3.63, 3.8) is 0 Å². The van der Waals surface area contributed by atoms with E-state index in [1.54, 1.807) is 16.8 Å². The molecule has 5 nitrogen and oxygen atoms in total. The van der Waals surface area contributed by atoms with Crippen LogP contribution in [0.2, 0.25) is 10.0 Å². The maximum atomic E-state index is 12.3. The lowest BCUT2D eigenvalue weighted by Gasteiger charge is -2.08. The van der Waals surface area contributed by atoms with E-state index in [9.17, 15) is 4.79 Å². The summed E-state index contributed by atoms with van der Waals surface area (Å²) in [6.07, 6.45) is 3.73. The van der Waals surface area contributed by atoms with Gasteiger partial charge in [0.2, 0.25) is 5.91 Å². The first-order valence-corrected chi connectivity index (χ1v) is 10.1. The largest absolute Gasteiger partial charge is 0.381 e. The number of aryl methyl sites for hydroxylation is 1. The molecule has 1 fully saturated rings. The summed E-state index contributed by atoms with van der Waals surface area (Å²) in [5.74, 6) is 0.773. The van der Waals surface area contributed by atoms with Crippen LogP contribution in [0.5, 0.6) is 0 Å². The Morgan fingerprint density at radius 3 is 2.78 bits per heavy atom. The third-order valence-corrected chi connectivity index (χ3v) is 5.50. The molecule has 146 valence electrons. The van der Waals surface area contributed by atoms with Crippen LogP contribution in [-0.2, 0) is 16.0 Å². The minimum Gasteiger partial charge on any atom is -0.381 e. The Morgan fingerprint density at radius 1 is 1.30 bits per heavy atom. The lowest BCUT2D eigenvalue weighted by molar-refractivity contribution is -0.120. The predicted octanol–water partition coefficient (Wildman–Crippen LogP) is 4.27. The van der Waals surface area contributed by atoms with Gasteiger partial charge in [-0.1, -0.05) is 23.2 Å². The van der Waals surface area contributed by atoms with Crippen molar-refractivity contribution in [2.45, 2.75) is 39.5 Å². The molecule has 1 aliphatic rings. The number of amides is 1. The number of hydrogen-bond acceptors (Lipinski definition) is 3. The Hall–Kier alpha value is -1.56. The van der Waals surface area contributed by atoms with E-state index in [0.29, 0.717) is 29.6 Å². The van der Waals surface area contributed by atoms with Crippen LogP contribution in [0, 0.1) is 19.8 Å². The van der Waals surface area contributed by atoms with Crippen LogP contribution >= 0.6 is 23.2 Å². The van der Waals surface area contributed by atoms with Gasteiger partial charge in [0.05, 0.1) is 27.8 Å². The first-order chi connectivity index (χ1) is 13.0. The summed E-state index contributed by atoms with van der Waals surface area (Å²) in [4.78, 5) is 12.3. The Kier molecular flexibility index (Phi) is 6.79. The van der Waals surface area contributed by atoms with E-state index in [4.69, 9.17) is 27.9 Å². The van der Waals surface area contributed by atoms with E-state index in [2.05, 4.69) is 10.4 Å². The van der Waals surface area contributed by atoms with E-state index >= 15 is 0 Å². The molecule has 1 aliphatic carbocycles. The predicted molar refractivity (Wildman–Crippen MR) is 108 cm³/mol. The van der Waals surface area contributed by atoms with E-state index in [1.807, 2.05) is 19.9 Å². The lowest BCUT2D eigenvalue weighted by atomic mass is 10.1. The number of aromatic nitrogens is 2. The van der Waals surface area contributed by atoms with Crippen molar-refractivity contribution in [1.82, 2.24) is 15.1 Å². The zero-order valence-corrected chi connectivity index (χ0v) is 17.2. The van der Waals surface area contributed by atoms with Gasteiger partial charge < -0.3 is 10.1 Å². The number of nitrogens with one attached hydrogen (secondary N) is 1. The quantitative estimate of drug-likeness (QED) is 0.628. The maximum absolute atomic E-state index is 12.3. The van der Waals surface area contributed by atoms with Gasteiger partial charge in [-0.15, -0.1) is 0 Å². The van der Waals surface area contributed by atoms with Gasteiger partial charge >= 0.3 is 0 Å². The molecule has 1 amide bonds. The SMILES string of the molecule is Cc1nn(-c2ccc(Cl)c(Cl)c2)c(C)c1CC(=O)NCCCOCC1CC1. The van der Waals surface area contributed by atoms with E-state index in [1.165, 1.54) is 12.8 Å². The fourth-order valence-corrected chi connectivity index (χ4v) is 3.25. The number of ether oxygens (including phenoxy) is 1. The molecule has 1 saturated carbocycles. The summed E-state index contributed by atoms with van der Waals surface area (Å²) >= 11 is 12.1. The van der Waals surface area contributed by atoms with Crippen LogP contribution in [0.25, 0.3) is 5.69 Å². The molecule has 0 aliphatic heterocycles. The molecule has 2 aromatic rings. The lowest BCUT2D eigenvalue weighted by Crippen LogP contribution is -2.27. The molecule has 0 radical (unpaired) electrons. The fourth-order valence-electron chi connectivity index (χ4n) is 2.96. The highest BCUT2D eigenvalue weighted by Gasteiger charge is 2.21. The molecular weight excluding hydrogens is 385 g/mol. The molecule has 1 aromatic heterocycles. The average Bonchev–Trinajstić information content (AvgIpc) is 3.42. The van der Waals surface area contributed by atoms with Crippen LogP contribution in [0.4, 0.5) is 0 Å². The highest BCUT2D eigenvalue weighted by molar-refractivity contribution is 6.42. The Labute approximate surface area is 170 Å². The molecule has 1 N–H and O–H groups in total. The fraction of sp³-hybridized carbons (Fsp3) is 0.500. The van der Waals surface area contributed by atoms with Crippen molar-refractivity contribution >= 4 is 29.1 Å². The van der Waals surface area contributed by atoms with Gasteiger partial charge in [0.25, 0.3) is 0 Å². The summed E-state index contributed by atoms with van der Waals surface area (Å²) in [6, 6.07) is 5.38. The molecule has 0 unspecified atom stereocenters. The van der Waals surface area contributed by atoms with Crippen LogP contribution in [-0.4, -0.2) is 35.4 Å². The minimum atomic E-state index is -0.00270. The molecule has 27 heavy (non-hydrogen) atoms. The highest BCUT2D eigenvalue weighted by atomic mass is 35.5. The number of carbonyl (C=O) groups excluding carboxylic acids is 1. The normalized spacial score (nSPS) is 13.8. The van der Waals surface area contributed by atoms with Crippen molar-refractivity contribution in [2.24, 2.45) is 5.92 Å². The number of halogens is 2. The van der Waals surface area contributed by atoms with Crippen molar-refractivity contribution in [1.29, 1.82) is 0 Å². The smallest absolute Gasteiger partial charge is 0.224 e. The van der Waals surface area contributed by atoms with E-state index in [-0.39, 0.29) is 5.91 Å². The third-order valence-electron chi connectivity index (χ3n) is 4.76. The summed E-state index contributed by atoms with van der Waals surface area (Å²) in [5.41, 5.74) is 3.52. The molecule has 0 atom stereocenters. The molecule has 1 aromatic carbocycles. The van der Waals surface area contributed by atoms with Gasteiger partial charge in [0, 0.05) is 31.0 Å². The van der Waals surface area contributed by atoms with Crippen LogP contribution < -0.4 is 5.32 Å². The molecule has 1 heterocycles. The third kappa shape index (κ3) is 5.47. The highest BCUT2D eigenvalue weighted by Crippen LogP contribution is 2.28. The molecular formula is C20H25Cl2N3O2. The van der Waals surface area contributed by atoms with Crippen molar-refractivity contribution < 1.29 is 9.53 Å². The summed E-state index contributed by atoms with van der Waals surface area (Å²) in [6.45, 7) is 6.05. The van der Waals surface area contributed by atoms with Crippen LogP contribution in [0.1, 0.15) is 36.2 Å². The average molecular weight is 410 g/mol. The van der Waals surface area contributed by atoms with Crippen molar-refractivity contribution in [3.05, 3.63) is 45.2 Å². The van der Waals surface area contributed by atoms with Crippen molar-refractivity contribution in [3.8, 4) is 5.69 Å². The monoisotopic (exact) mass is 409 g/mol. The Morgan fingerprint density at radius 2 is 2.07 bits per heavy atom. The minimum absolute atomic E-state index is 0.00270. The van der Waals surface area contributed by atoms with Gasteiger partial charge in [-0.25, -0.2) is 4.68 Å². The van der Waals surface area contributed by atoms with Gasteiger partial charge in [-0.05, 0) is 57.2 Å². The molecule has 0 spiro atoms. The standard InChI is InChI=1S/C20H25Cl2N3O2/c1-13-17(11-20(26)23-8-3-9-27-12-15-4-5-15)14(2)25(24-13)16-6-7-18(21)19(22)10-16/h6-7,10,15H,3-5,8-9,11-12H2,1-2H3,(H,23,26).